The van der Waals surface area contributed by atoms with Crippen LogP contribution in [0.4, 0.5) is 0 Å². The predicted molar refractivity (Wildman–Crippen MR) is 69.4 cm³/mol. The van der Waals surface area contributed by atoms with Gasteiger partial charge < -0.3 is 4.74 Å². The average molecular weight is 248 g/mol. The van der Waals surface area contributed by atoms with Crippen molar-refractivity contribution < 1.29 is 4.74 Å². The van der Waals surface area contributed by atoms with E-state index in [4.69, 9.17) is 16.3 Å². The molecule has 2 nitrogen and oxygen atoms in total. The van der Waals surface area contributed by atoms with Gasteiger partial charge in [-0.2, -0.15) is 0 Å². The summed E-state index contributed by atoms with van der Waals surface area (Å²) in [5, 5.41) is 0.495. The number of nitrogens with zero attached hydrogens (tertiary/aromatic N) is 1. The van der Waals surface area contributed by atoms with Crippen LogP contribution in [0.2, 0.25) is 5.15 Å². The molecule has 0 aliphatic rings. The fraction of sp³-hybridized carbons (Fsp3) is 0.214. The third-order valence-electron chi connectivity index (χ3n) is 2.50. The highest BCUT2D eigenvalue weighted by Gasteiger charge is 2.02. The van der Waals surface area contributed by atoms with Gasteiger partial charge in [-0.15, -0.1) is 0 Å². The molecule has 0 N–H and O–H groups in total. The lowest BCUT2D eigenvalue weighted by atomic mass is 10.1. The van der Waals surface area contributed by atoms with E-state index < -0.39 is 0 Å². The number of para-hydroxylation sites is 1. The number of hydrogen-bond acceptors (Lipinski definition) is 2. The largest absolute Gasteiger partial charge is 0.487 e. The Bertz CT molecular complexity index is 499. The van der Waals surface area contributed by atoms with Crippen molar-refractivity contribution in [3.05, 3.63) is 58.9 Å². The third kappa shape index (κ3) is 3.21. The summed E-state index contributed by atoms with van der Waals surface area (Å²) in [6, 6.07) is 13.6. The Morgan fingerprint density at radius 1 is 1.12 bits per heavy atom. The molecule has 1 heterocycles. The number of pyridine rings is 1. The van der Waals surface area contributed by atoms with Gasteiger partial charge in [-0.1, -0.05) is 42.8 Å². The molecule has 2 rings (SSSR count). The average Bonchev–Trinajstić information content (AvgIpc) is 2.37. The molecule has 1 aromatic heterocycles. The van der Waals surface area contributed by atoms with E-state index in [9.17, 15) is 0 Å². The topological polar surface area (TPSA) is 22.1 Å². The number of rotatable bonds is 4. The summed E-state index contributed by atoms with van der Waals surface area (Å²) in [5.74, 6) is 0.914. The molecule has 0 atom stereocenters. The van der Waals surface area contributed by atoms with Crippen LogP contribution >= 0.6 is 11.6 Å². The first-order valence-corrected chi connectivity index (χ1v) is 5.99. The Kier molecular flexibility index (Phi) is 3.99. The van der Waals surface area contributed by atoms with Gasteiger partial charge in [0.05, 0.1) is 5.69 Å². The first kappa shape index (κ1) is 11.9. The molecule has 0 amide bonds. The zero-order valence-electron chi connectivity index (χ0n) is 9.69. The Balaban J connectivity index is 2.07. The van der Waals surface area contributed by atoms with Gasteiger partial charge in [-0.25, -0.2) is 4.98 Å². The standard InChI is InChI=1S/C14H14ClNO/c1-2-11-6-3-4-8-13(11)17-10-12-7-5-9-14(15)16-12/h3-9H,2,10H2,1H3. The second-order valence-corrected chi connectivity index (χ2v) is 4.09. The van der Waals surface area contributed by atoms with E-state index in [0.717, 1.165) is 17.9 Å². The molecule has 3 heteroatoms. The van der Waals surface area contributed by atoms with Crippen LogP contribution in [0.1, 0.15) is 18.2 Å². The molecule has 17 heavy (non-hydrogen) atoms. The van der Waals surface area contributed by atoms with E-state index in [-0.39, 0.29) is 0 Å². The van der Waals surface area contributed by atoms with E-state index in [0.29, 0.717) is 11.8 Å². The smallest absolute Gasteiger partial charge is 0.130 e. The molecule has 0 radical (unpaired) electrons. The highest BCUT2D eigenvalue weighted by atomic mass is 35.5. The second-order valence-electron chi connectivity index (χ2n) is 3.70. The number of halogens is 1. The van der Waals surface area contributed by atoms with E-state index >= 15 is 0 Å². The minimum Gasteiger partial charge on any atom is -0.487 e. The van der Waals surface area contributed by atoms with Crippen LogP contribution < -0.4 is 4.74 Å². The van der Waals surface area contributed by atoms with Crippen molar-refractivity contribution >= 4 is 11.6 Å². The summed E-state index contributed by atoms with van der Waals surface area (Å²) in [6.45, 7) is 2.55. The van der Waals surface area contributed by atoms with Crippen LogP contribution in [0.15, 0.2) is 42.5 Å². The Morgan fingerprint density at radius 3 is 2.71 bits per heavy atom. The first-order chi connectivity index (χ1) is 8.29. The highest BCUT2D eigenvalue weighted by molar-refractivity contribution is 6.29. The summed E-state index contributed by atoms with van der Waals surface area (Å²) in [4.78, 5) is 4.18. The van der Waals surface area contributed by atoms with Crippen molar-refractivity contribution in [2.75, 3.05) is 0 Å². The molecule has 1 aromatic carbocycles. The quantitative estimate of drug-likeness (QED) is 0.765. The summed E-state index contributed by atoms with van der Waals surface area (Å²) >= 11 is 5.82. The van der Waals surface area contributed by atoms with Crippen LogP contribution in [0.3, 0.4) is 0 Å². The minimum atomic E-state index is 0.442. The van der Waals surface area contributed by atoms with Crippen molar-refractivity contribution in [2.45, 2.75) is 20.0 Å². The van der Waals surface area contributed by atoms with Gasteiger partial charge >= 0.3 is 0 Å². The molecule has 0 aliphatic carbocycles. The molecule has 0 unspecified atom stereocenters. The van der Waals surface area contributed by atoms with Gasteiger partial charge in [-0.05, 0) is 30.2 Å². The molecule has 0 spiro atoms. The van der Waals surface area contributed by atoms with E-state index in [2.05, 4.69) is 18.0 Å². The molecular weight excluding hydrogens is 234 g/mol. The van der Waals surface area contributed by atoms with Gasteiger partial charge in [0.15, 0.2) is 0 Å². The summed E-state index contributed by atoms with van der Waals surface area (Å²) in [6.07, 6.45) is 0.957. The lowest BCUT2D eigenvalue weighted by Gasteiger charge is -2.09. The minimum absolute atomic E-state index is 0.442. The van der Waals surface area contributed by atoms with Crippen LogP contribution in [0.5, 0.6) is 5.75 Å². The van der Waals surface area contributed by atoms with Crippen molar-refractivity contribution in [3.63, 3.8) is 0 Å². The number of hydrogen-bond donors (Lipinski definition) is 0. The Hall–Kier alpha value is -1.54. The molecule has 0 fully saturated rings. The van der Waals surface area contributed by atoms with Crippen LogP contribution in [0.25, 0.3) is 0 Å². The Labute approximate surface area is 106 Å². The summed E-state index contributed by atoms with van der Waals surface area (Å²) in [7, 11) is 0. The van der Waals surface area contributed by atoms with Crippen molar-refractivity contribution in [1.29, 1.82) is 0 Å². The number of aromatic nitrogens is 1. The van der Waals surface area contributed by atoms with Gasteiger partial charge in [-0.3, -0.25) is 0 Å². The van der Waals surface area contributed by atoms with Crippen LogP contribution in [-0.2, 0) is 13.0 Å². The van der Waals surface area contributed by atoms with Crippen LogP contribution in [0, 0.1) is 0 Å². The van der Waals surface area contributed by atoms with Crippen molar-refractivity contribution in [3.8, 4) is 5.75 Å². The van der Waals surface area contributed by atoms with Crippen LogP contribution in [-0.4, -0.2) is 4.98 Å². The second kappa shape index (κ2) is 5.69. The maximum atomic E-state index is 5.82. The first-order valence-electron chi connectivity index (χ1n) is 5.61. The van der Waals surface area contributed by atoms with Gasteiger partial charge in [0.2, 0.25) is 0 Å². The fourth-order valence-corrected chi connectivity index (χ4v) is 1.80. The molecule has 2 aromatic rings. The molecule has 88 valence electrons. The number of ether oxygens (including phenoxy) is 1. The SMILES string of the molecule is CCc1ccccc1OCc1cccc(Cl)n1. The maximum absolute atomic E-state index is 5.82. The normalized spacial score (nSPS) is 10.2. The third-order valence-corrected chi connectivity index (χ3v) is 2.71. The van der Waals surface area contributed by atoms with Crippen molar-refractivity contribution in [2.24, 2.45) is 0 Å². The van der Waals surface area contributed by atoms with E-state index in [1.807, 2.05) is 30.3 Å². The number of benzene rings is 1. The lowest BCUT2D eigenvalue weighted by molar-refractivity contribution is 0.298. The molecule has 0 saturated heterocycles. The Morgan fingerprint density at radius 2 is 1.94 bits per heavy atom. The zero-order chi connectivity index (χ0) is 12.1. The monoisotopic (exact) mass is 247 g/mol. The van der Waals surface area contributed by atoms with E-state index in [1.165, 1.54) is 5.56 Å². The maximum Gasteiger partial charge on any atom is 0.130 e. The molecule has 0 saturated carbocycles. The molecular formula is C14H14ClNO. The predicted octanol–water partition coefficient (Wildman–Crippen LogP) is 3.88. The zero-order valence-corrected chi connectivity index (χ0v) is 10.4. The van der Waals surface area contributed by atoms with Crippen molar-refractivity contribution in [1.82, 2.24) is 4.98 Å². The molecule has 0 aliphatic heterocycles. The number of aryl methyl sites for hydroxylation is 1. The fourth-order valence-electron chi connectivity index (χ4n) is 1.62. The lowest BCUT2D eigenvalue weighted by Crippen LogP contribution is -2.00. The summed E-state index contributed by atoms with van der Waals surface area (Å²) < 4.78 is 5.75. The van der Waals surface area contributed by atoms with Gasteiger partial charge in [0.25, 0.3) is 0 Å². The summed E-state index contributed by atoms with van der Waals surface area (Å²) in [5.41, 5.74) is 2.04. The van der Waals surface area contributed by atoms with E-state index in [1.54, 1.807) is 6.07 Å². The van der Waals surface area contributed by atoms with Gasteiger partial charge in [0, 0.05) is 0 Å². The highest BCUT2D eigenvalue weighted by Crippen LogP contribution is 2.19. The molecule has 0 bridgehead atoms. The van der Waals surface area contributed by atoms with Gasteiger partial charge in [0.1, 0.15) is 17.5 Å².